The van der Waals surface area contributed by atoms with Gasteiger partial charge in [-0.2, -0.15) is 0 Å². The number of carbonyl (C=O) groups is 1. The van der Waals surface area contributed by atoms with Gasteiger partial charge in [0.25, 0.3) is 5.91 Å². The molecule has 0 atom stereocenters. The summed E-state index contributed by atoms with van der Waals surface area (Å²) in [6.07, 6.45) is 4.06. The van der Waals surface area contributed by atoms with Crippen molar-refractivity contribution in [3.8, 4) is 0 Å². The van der Waals surface area contributed by atoms with Crippen LogP contribution in [0.25, 0.3) is 0 Å². The SMILES string of the molecule is CC1(C)CCCN(C(=O)c2ccc(CS(=O)(=O)N3CCCC3)cc2)C1. The molecule has 2 aliphatic rings. The van der Waals surface area contributed by atoms with Gasteiger partial charge in [0.05, 0.1) is 5.75 Å². The number of sulfonamides is 1. The molecule has 0 radical (unpaired) electrons. The average Bonchev–Trinajstić information content (AvgIpc) is 3.09. The highest BCUT2D eigenvalue weighted by atomic mass is 32.2. The Morgan fingerprint density at radius 2 is 1.68 bits per heavy atom. The summed E-state index contributed by atoms with van der Waals surface area (Å²) in [4.78, 5) is 14.6. The van der Waals surface area contributed by atoms with Crippen LogP contribution in [0.4, 0.5) is 0 Å². The number of likely N-dealkylation sites (tertiary alicyclic amines) is 1. The van der Waals surface area contributed by atoms with Crippen LogP contribution in [0.5, 0.6) is 0 Å². The van der Waals surface area contributed by atoms with Crippen molar-refractivity contribution in [3.05, 3.63) is 35.4 Å². The molecule has 1 aromatic rings. The second-order valence-corrected chi connectivity index (χ2v) is 10.0. The lowest BCUT2D eigenvalue weighted by Gasteiger charge is -2.38. The number of hydrogen-bond acceptors (Lipinski definition) is 3. The Hall–Kier alpha value is -1.40. The molecule has 2 heterocycles. The van der Waals surface area contributed by atoms with Crippen LogP contribution in [0.15, 0.2) is 24.3 Å². The first kappa shape index (κ1) is 18.4. The summed E-state index contributed by atoms with van der Waals surface area (Å²) in [7, 11) is -3.24. The molecule has 1 aromatic carbocycles. The van der Waals surface area contributed by atoms with E-state index in [4.69, 9.17) is 0 Å². The van der Waals surface area contributed by atoms with E-state index >= 15 is 0 Å². The van der Waals surface area contributed by atoms with Crippen LogP contribution in [0.2, 0.25) is 0 Å². The first-order valence-electron chi connectivity index (χ1n) is 9.13. The van der Waals surface area contributed by atoms with Gasteiger partial charge in [-0.1, -0.05) is 26.0 Å². The number of hydrogen-bond donors (Lipinski definition) is 0. The third-order valence-corrected chi connectivity index (χ3v) is 7.05. The molecule has 0 aliphatic carbocycles. The van der Waals surface area contributed by atoms with Gasteiger partial charge in [-0.25, -0.2) is 12.7 Å². The van der Waals surface area contributed by atoms with Gasteiger partial charge in [-0.3, -0.25) is 4.79 Å². The molecule has 2 saturated heterocycles. The summed E-state index contributed by atoms with van der Waals surface area (Å²) in [5, 5.41) is 0. The van der Waals surface area contributed by atoms with Gasteiger partial charge >= 0.3 is 0 Å². The predicted molar refractivity (Wildman–Crippen MR) is 98.8 cm³/mol. The highest BCUT2D eigenvalue weighted by Crippen LogP contribution is 2.29. The molecule has 2 aliphatic heterocycles. The fourth-order valence-corrected chi connectivity index (χ4v) is 5.40. The Morgan fingerprint density at radius 1 is 1.04 bits per heavy atom. The van der Waals surface area contributed by atoms with E-state index in [1.807, 2.05) is 4.90 Å². The third kappa shape index (κ3) is 4.42. The highest BCUT2D eigenvalue weighted by molar-refractivity contribution is 7.88. The lowest BCUT2D eigenvalue weighted by Crippen LogP contribution is -2.43. The van der Waals surface area contributed by atoms with Gasteiger partial charge in [0.15, 0.2) is 0 Å². The van der Waals surface area contributed by atoms with E-state index in [2.05, 4.69) is 13.8 Å². The number of nitrogens with zero attached hydrogens (tertiary/aromatic N) is 2. The molecule has 1 amide bonds. The molecule has 6 heteroatoms. The molecular weight excluding hydrogens is 336 g/mol. The van der Waals surface area contributed by atoms with Crippen LogP contribution < -0.4 is 0 Å². The van der Waals surface area contributed by atoms with E-state index in [0.717, 1.165) is 44.3 Å². The maximum Gasteiger partial charge on any atom is 0.253 e. The molecule has 0 aromatic heterocycles. The maximum absolute atomic E-state index is 12.7. The monoisotopic (exact) mass is 364 g/mol. The number of benzene rings is 1. The second kappa shape index (κ2) is 7.08. The molecule has 0 saturated carbocycles. The number of amides is 1. The van der Waals surface area contributed by atoms with E-state index < -0.39 is 10.0 Å². The molecular formula is C19H28N2O3S. The maximum atomic E-state index is 12.7. The minimum atomic E-state index is -3.24. The standard InChI is InChI=1S/C19H28N2O3S/c1-19(2)10-5-11-20(15-19)18(22)17-8-6-16(7-9-17)14-25(23,24)21-12-3-4-13-21/h6-9H,3-5,10-15H2,1-2H3. The van der Waals surface area contributed by atoms with Gasteiger partial charge in [-0.15, -0.1) is 0 Å². The van der Waals surface area contributed by atoms with E-state index in [0.29, 0.717) is 18.7 Å². The van der Waals surface area contributed by atoms with Crippen molar-refractivity contribution in [1.29, 1.82) is 0 Å². The van der Waals surface area contributed by atoms with Crippen LogP contribution >= 0.6 is 0 Å². The molecule has 5 nitrogen and oxygen atoms in total. The minimum absolute atomic E-state index is 0.0121. The van der Waals surface area contributed by atoms with Crippen LogP contribution in [0.3, 0.4) is 0 Å². The quantitative estimate of drug-likeness (QED) is 0.825. The predicted octanol–water partition coefficient (Wildman–Crippen LogP) is 2.87. The van der Waals surface area contributed by atoms with Crippen molar-refractivity contribution in [2.24, 2.45) is 5.41 Å². The second-order valence-electron chi connectivity index (χ2n) is 8.05. The average molecular weight is 365 g/mol. The van der Waals surface area contributed by atoms with E-state index in [9.17, 15) is 13.2 Å². The minimum Gasteiger partial charge on any atom is -0.338 e. The lowest BCUT2D eigenvalue weighted by atomic mass is 9.84. The van der Waals surface area contributed by atoms with Crippen molar-refractivity contribution in [2.75, 3.05) is 26.2 Å². The van der Waals surface area contributed by atoms with Gasteiger partial charge in [0.1, 0.15) is 0 Å². The van der Waals surface area contributed by atoms with Crippen molar-refractivity contribution in [1.82, 2.24) is 9.21 Å². The van der Waals surface area contributed by atoms with Crippen LogP contribution in [-0.4, -0.2) is 49.7 Å². The molecule has 25 heavy (non-hydrogen) atoms. The Balaban J connectivity index is 1.66. The first-order valence-corrected chi connectivity index (χ1v) is 10.7. The van der Waals surface area contributed by atoms with Gasteiger partial charge in [0, 0.05) is 31.7 Å². The zero-order valence-electron chi connectivity index (χ0n) is 15.2. The van der Waals surface area contributed by atoms with E-state index in [1.54, 1.807) is 28.6 Å². The number of piperidine rings is 1. The molecule has 138 valence electrons. The Morgan fingerprint density at radius 3 is 2.28 bits per heavy atom. The zero-order valence-corrected chi connectivity index (χ0v) is 16.0. The van der Waals surface area contributed by atoms with Crippen molar-refractivity contribution < 1.29 is 13.2 Å². The summed E-state index contributed by atoms with van der Waals surface area (Å²) in [6, 6.07) is 7.07. The third-order valence-electron chi connectivity index (χ3n) is 5.20. The fourth-order valence-electron chi connectivity index (χ4n) is 3.79. The Kier molecular flexibility index (Phi) is 5.21. The molecule has 2 fully saturated rings. The summed E-state index contributed by atoms with van der Waals surface area (Å²) < 4.78 is 26.4. The van der Waals surface area contributed by atoms with Crippen molar-refractivity contribution in [2.45, 2.75) is 45.3 Å². The normalized spacial score (nSPS) is 21.4. The van der Waals surface area contributed by atoms with Crippen LogP contribution in [0, 0.1) is 5.41 Å². The summed E-state index contributed by atoms with van der Waals surface area (Å²) in [6.45, 7) is 7.22. The largest absolute Gasteiger partial charge is 0.338 e. The van der Waals surface area contributed by atoms with Gasteiger partial charge in [-0.05, 0) is 48.8 Å². The number of carbonyl (C=O) groups excluding carboxylic acids is 1. The highest BCUT2D eigenvalue weighted by Gasteiger charge is 2.30. The lowest BCUT2D eigenvalue weighted by molar-refractivity contribution is 0.0583. The fraction of sp³-hybridized carbons (Fsp3) is 0.632. The molecule has 3 rings (SSSR count). The van der Waals surface area contributed by atoms with E-state index in [-0.39, 0.29) is 17.1 Å². The summed E-state index contributed by atoms with van der Waals surface area (Å²) >= 11 is 0. The summed E-state index contributed by atoms with van der Waals surface area (Å²) in [5.74, 6) is 0.0554. The van der Waals surface area contributed by atoms with Crippen molar-refractivity contribution >= 4 is 15.9 Å². The Bertz CT molecular complexity index is 720. The van der Waals surface area contributed by atoms with Crippen LogP contribution in [-0.2, 0) is 15.8 Å². The summed E-state index contributed by atoms with van der Waals surface area (Å²) in [5.41, 5.74) is 1.54. The number of rotatable bonds is 4. The van der Waals surface area contributed by atoms with Crippen molar-refractivity contribution in [3.63, 3.8) is 0 Å². The molecule has 0 unspecified atom stereocenters. The van der Waals surface area contributed by atoms with Gasteiger partial charge < -0.3 is 4.90 Å². The molecule has 0 bridgehead atoms. The topological polar surface area (TPSA) is 57.7 Å². The van der Waals surface area contributed by atoms with Crippen LogP contribution in [0.1, 0.15) is 55.5 Å². The first-order chi connectivity index (χ1) is 11.8. The molecule has 0 spiro atoms. The smallest absolute Gasteiger partial charge is 0.253 e. The molecule has 0 N–H and O–H groups in total. The zero-order chi connectivity index (χ0) is 18.1. The van der Waals surface area contributed by atoms with E-state index in [1.165, 1.54) is 0 Å². The Labute approximate surface area is 151 Å². The van der Waals surface area contributed by atoms with Gasteiger partial charge in [0.2, 0.25) is 10.0 Å².